The quantitative estimate of drug-likeness (QED) is 0.307. The second-order valence-corrected chi connectivity index (χ2v) is 13.6. The maximum absolute atomic E-state index is 17.1. The number of benzene rings is 1. The summed E-state index contributed by atoms with van der Waals surface area (Å²) in [7, 11) is 0. The third-order valence-electron chi connectivity index (χ3n) is 9.97. The number of aromatic nitrogens is 5. The van der Waals surface area contributed by atoms with Crippen LogP contribution in [-0.4, -0.2) is 98.9 Å². The van der Waals surface area contributed by atoms with Gasteiger partial charge in [-0.05, 0) is 49.7 Å². The van der Waals surface area contributed by atoms with Crippen molar-refractivity contribution in [2.45, 2.75) is 55.7 Å². The second kappa shape index (κ2) is 10.2. The first kappa shape index (κ1) is 27.7. The molecule has 4 aromatic rings. The van der Waals surface area contributed by atoms with Crippen LogP contribution in [-0.2, 0) is 4.74 Å². The normalized spacial score (nSPS) is 26.6. The van der Waals surface area contributed by atoms with Crippen molar-refractivity contribution in [2.75, 3.05) is 51.0 Å². The summed E-state index contributed by atoms with van der Waals surface area (Å²) in [5.41, 5.74) is 3.08. The molecule has 1 aromatic carbocycles. The number of β-amino-alcohol motifs (C(OH)–C–C–N with tert-alkyl or cyclic N) is 1. The fourth-order valence-corrected chi connectivity index (χ4v) is 8.21. The Hall–Kier alpha value is -3.58. The van der Waals surface area contributed by atoms with Crippen LogP contribution in [0.25, 0.3) is 33.1 Å². The van der Waals surface area contributed by atoms with Gasteiger partial charge in [0.15, 0.2) is 5.82 Å². The third-order valence-corrected chi connectivity index (χ3v) is 10.3. The van der Waals surface area contributed by atoms with Crippen LogP contribution < -0.4 is 14.4 Å². The minimum absolute atomic E-state index is 0.0699. The van der Waals surface area contributed by atoms with Crippen molar-refractivity contribution in [1.29, 1.82) is 0 Å². The lowest BCUT2D eigenvalue weighted by molar-refractivity contribution is 0.107. The van der Waals surface area contributed by atoms with Crippen molar-refractivity contribution >= 4 is 39.2 Å². The van der Waals surface area contributed by atoms with Gasteiger partial charge in [0.25, 0.3) is 0 Å². The van der Waals surface area contributed by atoms with E-state index in [2.05, 4.69) is 26.6 Å². The fourth-order valence-electron chi connectivity index (χ4n) is 7.86. The van der Waals surface area contributed by atoms with E-state index in [4.69, 9.17) is 40.8 Å². The number of nitrogens with zero attached hydrogens (tertiary/aromatic N) is 6. The number of aromatic amines is 1. The maximum atomic E-state index is 17.1. The molecule has 3 aromatic heterocycles. The lowest BCUT2D eigenvalue weighted by atomic mass is 9.93. The molecule has 0 spiro atoms. The van der Waals surface area contributed by atoms with E-state index in [1.54, 1.807) is 6.20 Å². The van der Waals surface area contributed by atoms with Crippen LogP contribution in [0.2, 0.25) is 5.02 Å². The largest absolute Gasteiger partial charge is 0.475 e. The smallest absolute Gasteiger partial charge is 0.319 e. The summed E-state index contributed by atoms with van der Waals surface area (Å²) in [6, 6.07) is 1.77. The monoisotopic (exact) mass is 633 g/mol. The molecule has 3 saturated heterocycles. The molecule has 5 aliphatic rings. The van der Waals surface area contributed by atoms with Crippen molar-refractivity contribution in [1.82, 2.24) is 30.0 Å². The van der Waals surface area contributed by atoms with Crippen LogP contribution >= 0.6 is 11.6 Å². The number of hydrogen-bond donors (Lipinski definition) is 2. The lowest BCUT2D eigenvalue weighted by Gasteiger charge is -2.31. The predicted octanol–water partition coefficient (Wildman–Crippen LogP) is 4.37. The Morgan fingerprint density at radius 3 is 3.00 bits per heavy atom. The summed E-state index contributed by atoms with van der Waals surface area (Å²) in [6.07, 6.45) is 5.25. The van der Waals surface area contributed by atoms with Gasteiger partial charge in [-0.3, -0.25) is 10.00 Å². The van der Waals surface area contributed by atoms with E-state index in [1.165, 1.54) is 0 Å². The fraction of sp³-hybridized carbons (Fsp3) is 0.500. The molecule has 0 radical (unpaired) electrons. The molecule has 0 unspecified atom stereocenters. The van der Waals surface area contributed by atoms with Crippen molar-refractivity contribution in [3.8, 4) is 23.1 Å². The summed E-state index contributed by atoms with van der Waals surface area (Å²) < 4.78 is 35.7. The van der Waals surface area contributed by atoms with Gasteiger partial charge in [0.05, 0.1) is 36.0 Å². The van der Waals surface area contributed by atoms with E-state index in [1.807, 2.05) is 6.07 Å². The number of fused-ring (bicyclic) bond motifs is 4. The summed E-state index contributed by atoms with van der Waals surface area (Å²) in [4.78, 5) is 18.8. The molecule has 13 heteroatoms. The minimum Gasteiger partial charge on any atom is -0.475 e. The number of aliphatic hydroxyl groups excluding tert-OH is 1. The van der Waals surface area contributed by atoms with E-state index in [0.717, 1.165) is 48.8 Å². The van der Waals surface area contributed by atoms with E-state index in [-0.39, 0.29) is 41.7 Å². The first-order chi connectivity index (χ1) is 21.9. The van der Waals surface area contributed by atoms with Gasteiger partial charge in [0.2, 0.25) is 5.88 Å². The van der Waals surface area contributed by atoms with Crippen molar-refractivity contribution < 1.29 is 23.7 Å². The van der Waals surface area contributed by atoms with Gasteiger partial charge in [-0.2, -0.15) is 15.1 Å². The van der Waals surface area contributed by atoms with E-state index >= 15 is 4.39 Å². The number of ether oxygens (including phenoxy) is 3. The average molecular weight is 634 g/mol. The zero-order valence-electron chi connectivity index (χ0n) is 24.7. The summed E-state index contributed by atoms with van der Waals surface area (Å²) >= 11 is 6.82. The first-order valence-electron chi connectivity index (χ1n) is 15.7. The maximum Gasteiger partial charge on any atom is 0.319 e. The molecule has 0 amide bonds. The topological polar surface area (TPSA) is 122 Å². The molecule has 4 fully saturated rings. The van der Waals surface area contributed by atoms with Crippen LogP contribution in [0.1, 0.15) is 43.6 Å². The number of nitrogens with one attached hydrogen (secondary N) is 1. The van der Waals surface area contributed by atoms with Crippen LogP contribution in [0.5, 0.6) is 11.9 Å². The highest BCUT2D eigenvalue weighted by atomic mass is 35.5. The van der Waals surface area contributed by atoms with Crippen LogP contribution in [0.15, 0.2) is 24.4 Å². The van der Waals surface area contributed by atoms with Crippen LogP contribution in [0, 0.1) is 5.82 Å². The molecule has 2 N–H and O–H groups in total. The van der Waals surface area contributed by atoms with Crippen LogP contribution in [0.3, 0.4) is 0 Å². The molecule has 9 rings (SSSR count). The summed E-state index contributed by atoms with van der Waals surface area (Å²) in [6.45, 7) is 7.74. The Labute approximate surface area is 263 Å². The van der Waals surface area contributed by atoms with Gasteiger partial charge in [-0.25, -0.2) is 9.37 Å². The number of anilines is 1. The van der Waals surface area contributed by atoms with Crippen molar-refractivity contribution in [3.05, 3.63) is 40.8 Å². The van der Waals surface area contributed by atoms with Gasteiger partial charge >= 0.3 is 6.01 Å². The van der Waals surface area contributed by atoms with Gasteiger partial charge in [-0.15, -0.1) is 0 Å². The van der Waals surface area contributed by atoms with Crippen LogP contribution in [0.4, 0.5) is 10.2 Å². The SMILES string of the molecule is C=C1CN2C[C@@H](O)C[C@@]2(COc2nc3c4c(nc(-c5c(C6CC6)c(Cl)cc6[nH]ncc56)c(F)c4n2)OC[C@@H]2COCCCN32)C1. The first-order valence-corrected chi connectivity index (χ1v) is 16.0. The Balaban J connectivity index is 1.23. The highest BCUT2D eigenvalue weighted by Gasteiger charge is 2.50. The van der Waals surface area contributed by atoms with Gasteiger partial charge in [-0.1, -0.05) is 23.8 Å². The van der Waals surface area contributed by atoms with Gasteiger partial charge < -0.3 is 24.2 Å². The molecule has 7 heterocycles. The Morgan fingerprint density at radius 2 is 2.13 bits per heavy atom. The molecular formula is C32H33ClFN7O4. The van der Waals surface area contributed by atoms with E-state index < -0.39 is 17.5 Å². The van der Waals surface area contributed by atoms with Gasteiger partial charge in [0, 0.05) is 42.2 Å². The molecule has 3 atom stereocenters. The molecule has 4 aliphatic heterocycles. The number of hydrogen-bond acceptors (Lipinski definition) is 10. The average Bonchev–Trinajstić information content (AvgIpc) is 3.67. The Morgan fingerprint density at radius 1 is 1.24 bits per heavy atom. The van der Waals surface area contributed by atoms with Crippen molar-refractivity contribution in [2.24, 2.45) is 0 Å². The summed E-state index contributed by atoms with van der Waals surface area (Å²) in [5, 5.41) is 19.4. The predicted molar refractivity (Wildman–Crippen MR) is 166 cm³/mol. The number of rotatable bonds is 5. The highest BCUT2D eigenvalue weighted by molar-refractivity contribution is 6.33. The van der Waals surface area contributed by atoms with Gasteiger partial charge in [0.1, 0.15) is 35.6 Å². The number of halogens is 2. The summed E-state index contributed by atoms with van der Waals surface area (Å²) in [5.74, 6) is 0.413. The molecule has 45 heavy (non-hydrogen) atoms. The second-order valence-electron chi connectivity index (χ2n) is 13.2. The number of aliphatic hydroxyl groups is 1. The Kier molecular flexibility index (Phi) is 6.29. The number of pyridine rings is 1. The molecule has 11 nitrogen and oxygen atoms in total. The molecule has 234 valence electrons. The molecular weight excluding hydrogens is 601 g/mol. The zero-order chi connectivity index (χ0) is 30.4. The molecule has 1 saturated carbocycles. The molecule has 1 aliphatic carbocycles. The lowest BCUT2D eigenvalue weighted by Crippen LogP contribution is -2.43. The highest BCUT2D eigenvalue weighted by Crippen LogP contribution is 2.51. The van der Waals surface area contributed by atoms with Crippen molar-refractivity contribution in [3.63, 3.8) is 0 Å². The Bertz CT molecular complexity index is 1880. The van der Waals surface area contributed by atoms with E-state index in [9.17, 15) is 5.11 Å². The molecule has 0 bridgehead atoms. The standard InChI is InChI=1S/C32H33ClFN7O4/c1-16-8-32(9-19(42)12-40(32)11-16)15-45-31-37-28-25-29(38-31)41-5-2-6-43-13-18(41)14-44-30(25)36-27(26(28)34)24-20-10-35-39-22(20)7-21(33)23(24)17-3-4-17/h7,10,17-19,42H,1-6,8-9,11-15H2,(H,35,39)/t18-,19-,32+/m0/s1. The minimum atomic E-state index is -0.590. The zero-order valence-corrected chi connectivity index (χ0v) is 25.4. The third kappa shape index (κ3) is 4.40. The number of H-pyrrole nitrogens is 1. The van der Waals surface area contributed by atoms with E-state index in [0.29, 0.717) is 66.6 Å².